The maximum absolute atomic E-state index is 13.2. The normalized spacial score (nSPS) is 17.1. The Balaban J connectivity index is 1.88. The van der Waals surface area contributed by atoms with Crippen molar-refractivity contribution in [3.05, 3.63) is 59.9 Å². The molecule has 0 radical (unpaired) electrons. The average molecular weight is 383 g/mol. The zero-order valence-corrected chi connectivity index (χ0v) is 16.2. The number of hydrogen-bond acceptors (Lipinski definition) is 5. The molecule has 1 atom stereocenters. The second kappa shape index (κ2) is 9.32. The van der Waals surface area contributed by atoms with Gasteiger partial charge in [0.25, 0.3) is 0 Å². The molecule has 0 aliphatic carbocycles. The molecule has 28 heavy (non-hydrogen) atoms. The smallest absolute Gasteiger partial charge is 0.246 e. The lowest BCUT2D eigenvalue weighted by atomic mass is 10.0. The average Bonchev–Trinajstić information content (AvgIpc) is 2.73. The van der Waals surface area contributed by atoms with Gasteiger partial charge >= 0.3 is 0 Å². The van der Waals surface area contributed by atoms with Gasteiger partial charge in [0.05, 0.1) is 26.8 Å². The van der Waals surface area contributed by atoms with Crippen LogP contribution >= 0.6 is 0 Å². The summed E-state index contributed by atoms with van der Waals surface area (Å²) in [5, 5.41) is 0. The number of pyridine rings is 1. The van der Waals surface area contributed by atoms with Crippen LogP contribution < -0.4 is 4.74 Å². The molecule has 7 nitrogen and oxygen atoms in total. The van der Waals surface area contributed by atoms with Crippen molar-refractivity contribution in [3.8, 4) is 5.75 Å². The summed E-state index contributed by atoms with van der Waals surface area (Å²) in [5.41, 5.74) is 1.63. The number of aromatic nitrogens is 1. The molecule has 2 heterocycles. The van der Waals surface area contributed by atoms with Crippen LogP contribution in [0.4, 0.5) is 0 Å². The molecule has 2 aromatic rings. The number of rotatable bonds is 8. The second-order valence-electron chi connectivity index (χ2n) is 6.63. The highest BCUT2D eigenvalue weighted by atomic mass is 16.5. The third kappa shape index (κ3) is 4.48. The van der Waals surface area contributed by atoms with Crippen LogP contribution in [-0.2, 0) is 27.3 Å². The number of nitrogens with zero attached hydrogens (tertiary/aromatic N) is 3. The monoisotopic (exact) mass is 383 g/mol. The Bertz CT molecular complexity index is 812. The van der Waals surface area contributed by atoms with Crippen LogP contribution in [0.1, 0.15) is 11.3 Å². The quantitative estimate of drug-likeness (QED) is 0.691. The highest BCUT2D eigenvalue weighted by Crippen LogP contribution is 2.23. The minimum atomic E-state index is -0.591. The van der Waals surface area contributed by atoms with Gasteiger partial charge in [0.1, 0.15) is 17.5 Å². The van der Waals surface area contributed by atoms with Crippen LogP contribution in [0.3, 0.4) is 0 Å². The molecule has 1 aliphatic rings. The van der Waals surface area contributed by atoms with Crippen molar-refractivity contribution in [2.24, 2.45) is 0 Å². The number of amides is 2. The lowest BCUT2D eigenvalue weighted by molar-refractivity contribution is -0.157. The fraction of sp³-hybridized carbons (Fsp3) is 0.381. The number of benzene rings is 1. The summed E-state index contributed by atoms with van der Waals surface area (Å²) in [5.74, 6) is 0.419. The zero-order valence-electron chi connectivity index (χ0n) is 16.2. The summed E-state index contributed by atoms with van der Waals surface area (Å²) in [4.78, 5) is 33.6. The lowest BCUT2D eigenvalue weighted by Crippen LogP contribution is -2.60. The Morgan fingerprint density at radius 2 is 1.89 bits per heavy atom. The lowest BCUT2D eigenvalue weighted by Gasteiger charge is -2.40. The van der Waals surface area contributed by atoms with Crippen molar-refractivity contribution in [2.75, 3.05) is 33.9 Å². The van der Waals surface area contributed by atoms with E-state index in [-0.39, 0.29) is 24.9 Å². The molecule has 0 N–H and O–H groups in total. The molecule has 7 heteroatoms. The van der Waals surface area contributed by atoms with Gasteiger partial charge < -0.3 is 19.3 Å². The fourth-order valence-electron chi connectivity index (χ4n) is 3.36. The number of carbonyl (C=O) groups is 2. The molecule has 0 bridgehead atoms. The highest BCUT2D eigenvalue weighted by molar-refractivity contribution is 5.95. The largest absolute Gasteiger partial charge is 0.495 e. The molecule has 1 aliphatic heterocycles. The fourth-order valence-corrected chi connectivity index (χ4v) is 3.36. The van der Waals surface area contributed by atoms with E-state index < -0.39 is 6.04 Å². The van der Waals surface area contributed by atoms with Crippen LogP contribution in [0.15, 0.2) is 48.7 Å². The summed E-state index contributed by atoms with van der Waals surface area (Å²) in [6, 6.07) is 12.7. The van der Waals surface area contributed by atoms with Crippen molar-refractivity contribution in [1.82, 2.24) is 14.8 Å². The summed E-state index contributed by atoms with van der Waals surface area (Å²) in [6.07, 6.45) is 2.11. The van der Waals surface area contributed by atoms with Crippen molar-refractivity contribution in [3.63, 3.8) is 0 Å². The maximum Gasteiger partial charge on any atom is 0.246 e. The number of methoxy groups -OCH3 is 2. The molecule has 1 saturated heterocycles. The van der Waals surface area contributed by atoms with Crippen LogP contribution in [0.25, 0.3) is 0 Å². The first-order chi connectivity index (χ1) is 13.6. The van der Waals surface area contributed by atoms with E-state index in [1.165, 1.54) is 0 Å². The van der Waals surface area contributed by atoms with Gasteiger partial charge in [-0.2, -0.15) is 0 Å². The first kappa shape index (κ1) is 19.8. The van der Waals surface area contributed by atoms with Crippen LogP contribution in [0, 0.1) is 0 Å². The Labute approximate surface area is 164 Å². The predicted molar refractivity (Wildman–Crippen MR) is 104 cm³/mol. The number of hydrogen-bond donors (Lipinski definition) is 0. The minimum absolute atomic E-state index is 0.0443. The Kier molecular flexibility index (Phi) is 6.60. The summed E-state index contributed by atoms with van der Waals surface area (Å²) >= 11 is 0. The predicted octanol–water partition coefficient (Wildman–Crippen LogP) is 1.52. The maximum atomic E-state index is 13.2. The van der Waals surface area contributed by atoms with Crippen molar-refractivity contribution in [2.45, 2.75) is 19.0 Å². The number of ether oxygens (including phenoxy) is 2. The van der Waals surface area contributed by atoms with Gasteiger partial charge in [-0.25, -0.2) is 0 Å². The Morgan fingerprint density at radius 1 is 1.11 bits per heavy atom. The van der Waals surface area contributed by atoms with Crippen molar-refractivity contribution in [1.29, 1.82) is 0 Å². The van der Waals surface area contributed by atoms with E-state index in [1.54, 1.807) is 42.3 Å². The van der Waals surface area contributed by atoms with Gasteiger partial charge in [-0.15, -0.1) is 0 Å². The van der Waals surface area contributed by atoms with Crippen LogP contribution in [0.2, 0.25) is 0 Å². The second-order valence-corrected chi connectivity index (χ2v) is 6.63. The van der Waals surface area contributed by atoms with E-state index in [9.17, 15) is 9.59 Å². The summed E-state index contributed by atoms with van der Waals surface area (Å²) in [7, 11) is 3.15. The van der Waals surface area contributed by atoms with Gasteiger partial charge in [0.15, 0.2) is 0 Å². The number of carbonyl (C=O) groups excluding carboxylic acids is 2. The van der Waals surface area contributed by atoms with Gasteiger partial charge in [-0.1, -0.05) is 30.3 Å². The standard InChI is InChI=1S/C21H25N3O4/c1-27-12-11-23-15-20(25)24(14-17-19(28-2)9-6-10-22-17)18(21(23)26)13-16-7-4-3-5-8-16/h3-10,18H,11-15H2,1-2H3/t18-/m1/s1. The molecule has 148 valence electrons. The van der Waals surface area contributed by atoms with E-state index in [4.69, 9.17) is 9.47 Å². The van der Waals surface area contributed by atoms with Gasteiger partial charge in [-0.05, 0) is 17.7 Å². The molecule has 1 aromatic heterocycles. The Hall–Kier alpha value is -2.93. The minimum Gasteiger partial charge on any atom is -0.495 e. The first-order valence-electron chi connectivity index (χ1n) is 9.23. The van der Waals surface area contributed by atoms with E-state index in [0.717, 1.165) is 5.56 Å². The molecular formula is C21H25N3O4. The van der Waals surface area contributed by atoms with E-state index in [1.807, 2.05) is 30.3 Å². The molecule has 2 amide bonds. The van der Waals surface area contributed by atoms with E-state index >= 15 is 0 Å². The van der Waals surface area contributed by atoms with Crippen molar-refractivity contribution < 1.29 is 19.1 Å². The molecule has 0 spiro atoms. The SMILES string of the molecule is COCCN1CC(=O)N(Cc2ncccc2OC)[C@H](Cc2ccccc2)C1=O. The molecule has 0 unspecified atom stereocenters. The summed E-state index contributed by atoms with van der Waals surface area (Å²) < 4.78 is 10.5. The molecule has 1 aromatic carbocycles. The van der Waals surface area contributed by atoms with Crippen LogP contribution in [-0.4, -0.2) is 66.6 Å². The van der Waals surface area contributed by atoms with Gasteiger partial charge in [0.2, 0.25) is 11.8 Å². The van der Waals surface area contributed by atoms with Gasteiger partial charge in [-0.3, -0.25) is 14.6 Å². The van der Waals surface area contributed by atoms with E-state index in [2.05, 4.69) is 4.98 Å². The third-order valence-corrected chi connectivity index (χ3v) is 4.85. The zero-order chi connectivity index (χ0) is 19.9. The molecular weight excluding hydrogens is 358 g/mol. The number of piperazine rings is 1. The first-order valence-corrected chi connectivity index (χ1v) is 9.23. The molecule has 3 rings (SSSR count). The van der Waals surface area contributed by atoms with Gasteiger partial charge in [0, 0.05) is 26.3 Å². The summed E-state index contributed by atoms with van der Waals surface area (Å²) in [6.45, 7) is 1.06. The highest BCUT2D eigenvalue weighted by Gasteiger charge is 2.39. The topological polar surface area (TPSA) is 72.0 Å². The molecule has 1 fully saturated rings. The van der Waals surface area contributed by atoms with Crippen LogP contribution in [0.5, 0.6) is 5.75 Å². The Morgan fingerprint density at radius 3 is 2.61 bits per heavy atom. The van der Waals surface area contributed by atoms with Crippen molar-refractivity contribution >= 4 is 11.8 Å². The third-order valence-electron chi connectivity index (χ3n) is 4.85. The molecule has 0 saturated carbocycles. The van der Waals surface area contributed by atoms with E-state index in [0.29, 0.717) is 31.0 Å².